The molecule has 0 saturated heterocycles. The standard InChI is InChI=1S/C66H112NO8P/c1-6-8-10-12-14-16-18-20-21-22-23-24-25-26-27-28-29-30-31-32-33-34-35-36-37-38-39-40-41-42-43-44-45-47-49-51-53-55-57-59-66(69)75-64(63-74-76(70,71)73-61-60-67(3,4)5)62-72-65(68)58-56-54-52-50-48-46-19-17-15-13-11-9-7-2/h8,10-11,13-14,16-17,19-21,23-24,26-27,29-30,32-33,35-36,64H,6-7,9,12,15,18,22,25,28,31,34,37-63H2,1-5H3/p+1/b10-8-,13-11-,16-14-,19-17-,21-20-,24-23-,27-26-,30-29-,33-32-,36-35-. The number of unbranched alkanes of at least 4 members (excludes halogenated alkanes) is 20. The van der Waals surface area contributed by atoms with Crippen molar-refractivity contribution < 1.29 is 42.1 Å². The Balaban J connectivity index is 4.03. The molecule has 0 amide bonds. The zero-order valence-electron chi connectivity index (χ0n) is 49.2. The Morgan fingerprint density at radius 2 is 0.750 bits per heavy atom. The Labute approximate surface area is 467 Å². The molecule has 0 fully saturated rings. The summed E-state index contributed by atoms with van der Waals surface area (Å²) in [6, 6.07) is 0. The number of carbonyl (C=O) groups is 2. The third-order valence-electron chi connectivity index (χ3n) is 12.5. The molecule has 434 valence electrons. The average molecular weight is 1080 g/mol. The molecule has 0 rings (SSSR count). The number of nitrogens with zero attached hydrogens (tertiary/aromatic N) is 1. The van der Waals surface area contributed by atoms with Crippen molar-refractivity contribution in [1.29, 1.82) is 0 Å². The number of hydrogen-bond donors (Lipinski definition) is 1. The Morgan fingerprint density at radius 3 is 1.12 bits per heavy atom. The van der Waals surface area contributed by atoms with Crippen molar-refractivity contribution in [3.63, 3.8) is 0 Å². The maximum absolute atomic E-state index is 12.8. The molecule has 1 N–H and O–H groups in total. The molecule has 0 aromatic heterocycles. The van der Waals surface area contributed by atoms with Crippen LogP contribution in [-0.2, 0) is 32.7 Å². The number of carbonyl (C=O) groups excluding carboxylic acids is 2. The molecule has 0 heterocycles. The van der Waals surface area contributed by atoms with E-state index >= 15 is 0 Å². The molecule has 0 aromatic carbocycles. The number of quaternary nitrogens is 1. The molecule has 2 unspecified atom stereocenters. The summed E-state index contributed by atoms with van der Waals surface area (Å²) in [5, 5.41) is 0. The SMILES string of the molecule is CC/C=C\C/C=C\C/C=C\C/C=C\C/C=C\C/C=C\C/C=C\C/C=C\CCCCCCCCCCCCCCCCC(=O)OC(COC(=O)CCCCCCC/C=C\C/C=C\CCC)COP(=O)(O)OCC[N+](C)(C)C. The smallest absolute Gasteiger partial charge is 0.462 e. The van der Waals surface area contributed by atoms with Gasteiger partial charge in [-0.15, -0.1) is 0 Å². The molecule has 0 aliphatic heterocycles. The number of likely N-dealkylation sites (N-methyl/N-ethyl adjacent to an activating group) is 1. The van der Waals surface area contributed by atoms with Gasteiger partial charge >= 0.3 is 19.8 Å². The van der Waals surface area contributed by atoms with Gasteiger partial charge in [-0.3, -0.25) is 18.6 Å². The fraction of sp³-hybridized carbons (Fsp3) is 0.667. The Kier molecular flexibility index (Phi) is 53.5. The van der Waals surface area contributed by atoms with Crippen LogP contribution in [0.25, 0.3) is 0 Å². The summed E-state index contributed by atoms with van der Waals surface area (Å²) in [5.74, 6) is -0.819. The lowest BCUT2D eigenvalue weighted by Gasteiger charge is -2.24. The van der Waals surface area contributed by atoms with E-state index < -0.39 is 26.5 Å². The molecule has 0 aliphatic rings. The molecule has 0 aliphatic carbocycles. The van der Waals surface area contributed by atoms with Gasteiger partial charge in [-0.2, -0.15) is 0 Å². The number of phosphoric acid groups is 1. The maximum atomic E-state index is 12.8. The lowest BCUT2D eigenvalue weighted by Crippen LogP contribution is -2.37. The monoisotopic (exact) mass is 1080 g/mol. The third-order valence-corrected chi connectivity index (χ3v) is 13.4. The van der Waals surface area contributed by atoms with Crippen LogP contribution >= 0.6 is 7.82 Å². The van der Waals surface area contributed by atoms with Crippen LogP contribution in [-0.4, -0.2) is 74.9 Å². The van der Waals surface area contributed by atoms with Crippen molar-refractivity contribution in [3.05, 3.63) is 122 Å². The van der Waals surface area contributed by atoms with Gasteiger partial charge in [0.1, 0.15) is 19.8 Å². The second kappa shape index (κ2) is 56.1. The van der Waals surface area contributed by atoms with Crippen LogP contribution in [0.3, 0.4) is 0 Å². The summed E-state index contributed by atoms with van der Waals surface area (Å²) in [6.45, 7) is 4.22. The minimum atomic E-state index is -4.39. The van der Waals surface area contributed by atoms with Crippen molar-refractivity contribution in [2.75, 3.05) is 47.5 Å². The van der Waals surface area contributed by atoms with Gasteiger partial charge < -0.3 is 18.9 Å². The summed E-state index contributed by atoms with van der Waals surface area (Å²) in [7, 11) is 1.46. The first-order valence-electron chi connectivity index (χ1n) is 30.3. The first kappa shape index (κ1) is 72.4. The number of esters is 2. The zero-order chi connectivity index (χ0) is 55.6. The van der Waals surface area contributed by atoms with E-state index in [1.54, 1.807) is 0 Å². The van der Waals surface area contributed by atoms with E-state index in [0.717, 1.165) is 122 Å². The number of rotatable bonds is 54. The van der Waals surface area contributed by atoms with E-state index in [-0.39, 0.29) is 32.0 Å². The largest absolute Gasteiger partial charge is 0.472 e. The molecule has 0 radical (unpaired) electrons. The van der Waals surface area contributed by atoms with Gasteiger partial charge in [0.05, 0.1) is 27.7 Å². The minimum Gasteiger partial charge on any atom is -0.462 e. The van der Waals surface area contributed by atoms with Crippen molar-refractivity contribution in [2.45, 2.75) is 238 Å². The maximum Gasteiger partial charge on any atom is 0.472 e. The predicted molar refractivity (Wildman–Crippen MR) is 325 cm³/mol. The molecule has 0 aromatic rings. The molecule has 0 spiro atoms. The summed E-state index contributed by atoms with van der Waals surface area (Å²) >= 11 is 0. The quantitative estimate of drug-likeness (QED) is 0.0211. The zero-order valence-corrected chi connectivity index (χ0v) is 50.1. The lowest BCUT2D eigenvalue weighted by molar-refractivity contribution is -0.870. The van der Waals surface area contributed by atoms with Crippen molar-refractivity contribution in [2.24, 2.45) is 0 Å². The van der Waals surface area contributed by atoms with Gasteiger partial charge in [0.15, 0.2) is 6.10 Å². The van der Waals surface area contributed by atoms with Gasteiger partial charge in [-0.1, -0.05) is 238 Å². The van der Waals surface area contributed by atoms with Crippen LogP contribution in [0.2, 0.25) is 0 Å². The molecular formula is C66H113NO8P+. The molecule has 0 saturated carbocycles. The van der Waals surface area contributed by atoms with Gasteiger partial charge in [0, 0.05) is 12.8 Å². The van der Waals surface area contributed by atoms with Gasteiger partial charge in [0.2, 0.25) is 0 Å². The van der Waals surface area contributed by atoms with Crippen LogP contribution in [0.1, 0.15) is 232 Å². The van der Waals surface area contributed by atoms with E-state index in [0.29, 0.717) is 17.4 Å². The van der Waals surface area contributed by atoms with Gasteiger partial charge in [0.25, 0.3) is 0 Å². The van der Waals surface area contributed by atoms with Crippen molar-refractivity contribution in [1.82, 2.24) is 0 Å². The van der Waals surface area contributed by atoms with Crippen molar-refractivity contribution in [3.8, 4) is 0 Å². The van der Waals surface area contributed by atoms with Crippen LogP contribution in [0.15, 0.2) is 122 Å². The Morgan fingerprint density at radius 1 is 0.421 bits per heavy atom. The highest BCUT2D eigenvalue weighted by Crippen LogP contribution is 2.43. The highest BCUT2D eigenvalue weighted by Gasteiger charge is 2.27. The van der Waals surface area contributed by atoms with E-state index in [9.17, 15) is 19.0 Å². The van der Waals surface area contributed by atoms with Crippen LogP contribution < -0.4 is 0 Å². The fourth-order valence-corrected chi connectivity index (χ4v) is 8.57. The van der Waals surface area contributed by atoms with Gasteiger partial charge in [-0.25, -0.2) is 4.57 Å². The lowest BCUT2D eigenvalue weighted by atomic mass is 10.0. The van der Waals surface area contributed by atoms with E-state index in [1.165, 1.54) is 77.0 Å². The van der Waals surface area contributed by atoms with Crippen molar-refractivity contribution >= 4 is 19.8 Å². The number of phosphoric ester groups is 1. The predicted octanol–water partition coefficient (Wildman–Crippen LogP) is 19.1. The van der Waals surface area contributed by atoms with Gasteiger partial charge in [-0.05, 0) is 103 Å². The number of ether oxygens (including phenoxy) is 2. The average Bonchev–Trinajstić information content (AvgIpc) is 3.38. The normalized spacial score (nSPS) is 14.1. The molecule has 0 bridgehead atoms. The third kappa shape index (κ3) is 59.7. The summed E-state index contributed by atoms with van der Waals surface area (Å²) in [4.78, 5) is 35.6. The highest BCUT2D eigenvalue weighted by atomic mass is 31.2. The van der Waals surface area contributed by atoms with Crippen LogP contribution in [0.4, 0.5) is 0 Å². The van der Waals surface area contributed by atoms with E-state index in [4.69, 9.17) is 18.5 Å². The van der Waals surface area contributed by atoms with Crippen LogP contribution in [0, 0.1) is 0 Å². The second-order valence-electron chi connectivity index (χ2n) is 21.0. The Bertz CT molecular complexity index is 1700. The minimum absolute atomic E-state index is 0.0247. The fourth-order valence-electron chi connectivity index (χ4n) is 7.83. The van der Waals surface area contributed by atoms with Crippen LogP contribution in [0.5, 0.6) is 0 Å². The molecule has 10 heteroatoms. The number of hydrogen-bond acceptors (Lipinski definition) is 7. The first-order valence-corrected chi connectivity index (χ1v) is 31.8. The highest BCUT2D eigenvalue weighted by molar-refractivity contribution is 7.47. The molecule has 9 nitrogen and oxygen atoms in total. The Hall–Kier alpha value is -3.59. The number of allylic oxidation sites excluding steroid dienone is 20. The summed E-state index contributed by atoms with van der Waals surface area (Å²) < 4.78 is 34.5. The van der Waals surface area contributed by atoms with E-state index in [1.807, 2.05) is 21.1 Å². The molecule has 76 heavy (non-hydrogen) atoms. The summed E-state index contributed by atoms with van der Waals surface area (Å²) in [5.41, 5.74) is 0. The topological polar surface area (TPSA) is 108 Å². The molecule has 2 atom stereocenters. The first-order chi connectivity index (χ1) is 37.0. The second-order valence-corrected chi connectivity index (χ2v) is 22.5. The summed E-state index contributed by atoms with van der Waals surface area (Å²) in [6.07, 6.45) is 80.0. The van der Waals surface area contributed by atoms with E-state index in [2.05, 4.69) is 135 Å². The molecular weight excluding hydrogens is 966 g/mol.